The van der Waals surface area contributed by atoms with Crippen molar-refractivity contribution in [3.8, 4) is 0 Å². The molecule has 0 heterocycles. The van der Waals surface area contributed by atoms with E-state index in [1.54, 1.807) is 0 Å². The zero-order valence-corrected chi connectivity index (χ0v) is 10.1. The van der Waals surface area contributed by atoms with Gasteiger partial charge in [-0.1, -0.05) is 26.2 Å². The highest BCUT2D eigenvalue weighted by Crippen LogP contribution is 2.35. The van der Waals surface area contributed by atoms with Crippen molar-refractivity contribution < 1.29 is 0 Å². The first-order chi connectivity index (χ1) is 6.66. The Morgan fingerprint density at radius 2 is 1.86 bits per heavy atom. The van der Waals surface area contributed by atoms with E-state index in [1.165, 1.54) is 45.2 Å². The molecular formula is C12H26N2. The first-order valence-corrected chi connectivity index (χ1v) is 5.99. The van der Waals surface area contributed by atoms with Gasteiger partial charge in [-0.2, -0.15) is 0 Å². The predicted molar refractivity (Wildman–Crippen MR) is 62.6 cm³/mol. The van der Waals surface area contributed by atoms with Crippen LogP contribution in [0.1, 0.15) is 39.0 Å². The lowest BCUT2D eigenvalue weighted by Crippen LogP contribution is -2.37. The van der Waals surface area contributed by atoms with Crippen molar-refractivity contribution in [3.05, 3.63) is 0 Å². The highest BCUT2D eigenvalue weighted by atomic mass is 15.1. The maximum absolute atomic E-state index is 3.21. The summed E-state index contributed by atoms with van der Waals surface area (Å²) < 4.78 is 0. The molecule has 1 fully saturated rings. The highest BCUT2D eigenvalue weighted by Gasteiger charge is 2.27. The van der Waals surface area contributed by atoms with E-state index < -0.39 is 0 Å². The van der Waals surface area contributed by atoms with Crippen molar-refractivity contribution in [2.75, 3.05) is 33.7 Å². The van der Waals surface area contributed by atoms with Crippen molar-refractivity contribution in [1.29, 1.82) is 0 Å². The quantitative estimate of drug-likeness (QED) is 0.728. The van der Waals surface area contributed by atoms with E-state index in [1.807, 2.05) is 7.05 Å². The van der Waals surface area contributed by atoms with Crippen LogP contribution in [0, 0.1) is 5.41 Å². The van der Waals surface area contributed by atoms with Crippen LogP contribution in [0.15, 0.2) is 0 Å². The van der Waals surface area contributed by atoms with Gasteiger partial charge in [0.2, 0.25) is 0 Å². The molecule has 1 saturated carbocycles. The van der Waals surface area contributed by atoms with E-state index in [2.05, 4.69) is 24.2 Å². The fourth-order valence-electron chi connectivity index (χ4n) is 2.60. The van der Waals surface area contributed by atoms with Crippen LogP contribution in [0.2, 0.25) is 0 Å². The molecule has 1 rings (SSSR count). The molecule has 0 saturated heterocycles. The number of nitrogens with zero attached hydrogens (tertiary/aromatic N) is 1. The maximum atomic E-state index is 3.21. The molecule has 0 aromatic carbocycles. The van der Waals surface area contributed by atoms with Crippen LogP contribution in [0.5, 0.6) is 0 Å². The van der Waals surface area contributed by atoms with Gasteiger partial charge in [-0.3, -0.25) is 0 Å². The molecule has 0 radical (unpaired) electrons. The van der Waals surface area contributed by atoms with E-state index in [4.69, 9.17) is 0 Å². The van der Waals surface area contributed by atoms with Gasteiger partial charge in [0.05, 0.1) is 0 Å². The number of nitrogens with one attached hydrogen (secondary N) is 1. The minimum absolute atomic E-state index is 0.598. The van der Waals surface area contributed by atoms with Crippen LogP contribution in [-0.4, -0.2) is 38.6 Å². The molecule has 14 heavy (non-hydrogen) atoms. The Bertz CT molecular complexity index is 150. The van der Waals surface area contributed by atoms with Crippen LogP contribution < -0.4 is 5.32 Å². The van der Waals surface area contributed by atoms with E-state index >= 15 is 0 Å². The Kier molecular flexibility index (Phi) is 4.90. The molecular weight excluding hydrogens is 172 g/mol. The first kappa shape index (κ1) is 12.0. The molecule has 1 N–H and O–H groups in total. The van der Waals surface area contributed by atoms with Gasteiger partial charge in [-0.05, 0) is 32.4 Å². The smallest absolute Gasteiger partial charge is 0.0104 e. The summed E-state index contributed by atoms with van der Waals surface area (Å²) in [6.45, 7) is 6.01. The Hall–Kier alpha value is -0.0800. The summed E-state index contributed by atoms with van der Waals surface area (Å²) in [4.78, 5) is 2.47. The van der Waals surface area contributed by atoms with Crippen LogP contribution in [0.3, 0.4) is 0 Å². The fraction of sp³-hybridized carbons (Fsp3) is 1.00. The van der Waals surface area contributed by atoms with Crippen LogP contribution in [0.25, 0.3) is 0 Å². The average molecular weight is 198 g/mol. The third-order valence-corrected chi connectivity index (χ3v) is 3.46. The molecule has 0 amide bonds. The summed E-state index contributed by atoms with van der Waals surface area (Å²) in [6, 6.07) is 0. The summed E-state index contributed by atoms with van der Waals surface area (Å²) in [5, 5.41) is 3.21. The third-order valence-electron chi connectivity index (χ3n) is 3.46. The Morgan fingerprint density at radius 3 is 2.43 bits per heavy atom. The SMILES string of the molecule is CNCCN(C)CC1(C)CCCCC1. The number of hydrogen-bond acceptors (Lipinski definition) is 2. The van der Waals surface area contributed by atoms with Crippen molar-refractivity contribution in [3.63, 3.8) is 0 Å². The fourth-order valence-corrected chi connectivity index (χ4v) is 2.60. The third kappa shape index (κ3) is 3.97. The average Bonchev–Trinajstić information content (AvgIpc) is 2.15. The second-order valence-electron chi connectivity index (χ2n) is 5.21. The maximum Gasteiger partial charge on any atom is 0.0104 e. The topological polar surface area (TPSA) is 15.3 Å². The normalized spacial score (nSPS) is 21.4. The van der Waals surface area contributed by atoms with Gasteiger partial charge in [0.25, 0.3) is 0 Å². The number of hydrogen-bond donors (Lipinski definition) is 1. The number of rotatable bonds is 5. The van der Waals surface area contributed by atoms with E-state index in [0.717, 1.165) is 6.54 Å². The zero-order chi connectivity index (χ0) is 10.4. The zero-order valence-electron chi connectivity index (χ0n) is 10.1. The lowest BCUT2D eigenvalue weighted by Gasteiger charge is -2.37. The van der Waals surface area contributed by atoms with Gasteiger partial charge in [-0.25, -0.2) is 0 Å². The second-order valence-corrected chi connectivity index (χ2v) is 5.21. The van der Waals surface area contributed by atoms with Crippen LogP contribution in [-0.2, 0) is 0 Å². The van der Waals surface area contributed by atoms with Crippen molar-refractivity contribution in [1.82, 2.24) is 10.2 Å². The summed E-state index contributed by atoms with van der Waals surface area (Å²) >= 11 is 0. The molecule has 2 nitrogen and oxygen atoms in total. The van der Waals surface area contributed by atoms with Crippen LogP contribution in [0.4, 0.5) is 0 Å². The summed E-state index contributed by atoms with van der Waals surface area (Å²) in [5.74, 6) is 0. The van der Waals surface area contributed by atoms with E-state index in [0.29, 0.717) is 5.41 Å². The van der Waals surface area contributed by atoms with E-state index in [9.17, 15) is 0 Å². The summed E-state index contributed by atoms with van der Waals surface area (Å²) in [7, 11) is 4.27. The molecule has 84 valence electrons. The van der Waals surface area contributed by atoms with Crippen molar-refractivity contribution in [2.24, 2.45) is 5.41 Å². The Balaban J connectivity index is 2.25. The molecule has 0 spiro atoms. The number of likely N-dealkylation sites (N-methyl/N-ethyl adjacent to an activating group) is 2. The largest absolute Gasteiger partial charge is 0.318 e. The molecule has 0 unspecified atom stereocenters. The van der Waals surface area contributed by atoms with Gasteiger partial charge in [0, 0.05) is 19.6 Å². The summed E-state index contributed by atoms with van der Waals surface area (Å²) in [6.07, 6.45) is 7.19. The van der Waals surface area contributed by atoms with Crippen molar-refractivity contribution >= 4 is 0 Å². The van der Waals surface area contributed by atoms with Gasteiger partial charge in [-0.15, -0.1) is 0 Å². The molecule has 0 aliphatic heterocycles. The Morgan fingerprint density at radius 1 is 1.21 bits per heavy atom. The second kappa shape index (κ2) is 5.72. The van der Waals surface area contributed by atoms with Gasteiger partial charge in [0.1, 0.15) is 0 Å². The van der Waals surface area contributed by atoms with Crippen LogP contribution >= 0.6 is 0 Å². The first-order valence-electron chi connectivity index (χ1n) is 5.99. The lowest BCUT2D eigenvalue weighted by atomic mass is 9.75. The minimum Gasteiger partial charge on any atom is -0.318 e. The Labute approximate surface area is 89.1 Å². The monoisotopic (exact) mass is 198 g/mol. The molecule has 2 heteroatoms. The standard InChI is InChI=1S/C12H26N2/c1-12(7-5-4-6-8-12)11-14(3)10-9-13-2/h13H,4-11H2,1-3H3. The molecule has 1 aliphatic carbocycles. The van der Waals surface area contributed by atoms with Gasteiger partial charge in [0.15, 0.2) is 0 Å². The highest BCUT2D eigenvalue weighted by molar-refractivity contribution is 4.81. The van der Waals surface area contributed by atoms with E-state index in [-0.39, 0.29) is 0 Å². The summed E-state index contributed by atoms with van der Waals surface area (Å²) in [5.41, 5.74) is 0.598. The van der Waals surface area contributed by atoms with Gasteiger partial charge >= 0.3 is 0 Å². The van der Waals surface area contributed by atoms with Gasteiger partial charge < -0.3 is 10.2 Å². The lowest BCUT2D eigenvalue weighted by molar-refractivity contribution is 0.140. The molecule has 0 aromatic heterocycles. The minimum atomic E-state index is 0.598. The van der Waals surface area contributed by atoms with Crippen molar-refractivity contribution in [2.45, 2.75) is 39.0 Å². The molecule has 1 aliphatic rings. The predicted octanol–water partition coefficient (Wildman–Crippen LogP) is 2.11. The molecule has 0 aromatic rings. The molecule has 0 atom stereocenters. The molecule has 0 bridgehead atoms.